The summed E-state index contributed by atoms with van der Waals surface area (Å²) in [6.45, 7) is 2.08. The molecule has 0 radical (unpaired) electrons. The zero-order chi connectivity index (χ0) is 9.26. The Morgan fingerprint density at radius 3 is 3.00 bits per heavy atom. The lowest BCUT2D eigenvalue weighted by molar-refractivity contribution is -0.114. The van der Waals surface area contributed by atoms with Gasteiger partial charge in [0.15, 0.2) is 5.78 Å². The first-order valence-corrected chi connectivity index (χ1v) is 4.55. The van der Waals surface area contributed by atoms with Crippen LogP contribution in [0.15, 0.2) is 28.4 Å². The lowest BCUT2D eigenvalue weighted by Crippen LogP contribution is -1.96. The third-order valence-electron chi connectivity index (χ3n) is 2.50. The number of allylic oxidation sites excluding steroid dienone is 1. The Balaban J connectivity index is 2.29. The Hall–Kier alpha value is -1.31. The van der Waals surface area contributed by atoms with Gasteiger partial charge in [0, 0.05) is 12.0 Å². The monoisotopic (exact) mass is 176 g/mol. The van der Waals surface area contributed by atoms with Gasteiger partial charge in [-0.25, -0.2) is 0 Å². The third kappa shape index (κ3) is 1.57. The van der Waals surface area contributed by atoms with Crippen molar-refractivity contribution in [1.29, 1.82) is 0 Å². The van der Waals surface area contributed by atoms with E-state index in [9.17, 15) is 4.79 Å². The zero-order valence-corrected chi connectivity index (χ0v) is 7.62. The minimum absolute atomic E-state index is 0.268. The van der Waals surface area contributed by atoms with Crippen LogP contribution in [0, 0.1) is 5.92 Å². The van der Waals surface area contributed by atoms with Gasteiger partial charge in [-0.2, -0.15) is 0 Å². The van der Waals surface area contributed by atoms with Gasteiger partial charge in [-0.15, -0.1) is 0 Å². The first-order valence-electron chi connectivity index (χ1n) is 4.55. The molecule has 2 heteroatoms. The molecule has 1 unspecified atom stereocenters. The minimum Gasteiger partial charge on any atom is -0.465 e. The average molecular weight is 176 g/mol. The molecule has 0 amide bonds. The molecule has 2 nitrogen and oxygen atoms in total. The number of hydrogen-bond acceptors (Lipinski definition) is 2. The molecule has 1 aliphatic rings. The van der Waals surface area contributed by atoms with Crippen LogP contribution in [0.1, 0.15) is 25.5 Å². The number of furan rings is 1. The van der Waals surface area contributed by atoms with Gasteiger partial charge >= 0.3 is 0 Å². The highest BCUT2D eigenvalue weighted by atomic mass is 16.3. The van der Waals surface area contributed by atoms with Gasteiger partial charge in [-0.3, -0.25) is 4.79 Å². The van der Waals surface area contributed by atoms with Gasteiger partial charge in [-0.1, -0.05) is 6.92 Å². The maximum absolute atomic E-state index is 11.4. The molecule has 1 saturated carbocycles. The molecule has 68 valence electrons. The van der Waals surface area contributed by atoms with E-state index in [2.05, 4.69) is 6.92 Å². The van der Waals surface area contributed by atoms with Crippen molar-refractivity contribution >= 4 is 11.9 Å². The highest BCUT2D eigenvalue weighted by molar-refractivity contribution is 6.01. The number of rotatable bonds is 1. The predicted octanol–water partition coefficient (Wildman–Crippen LogP) is 2.66. The quantitative estimate of drug-likeness (QED) is 0.616. The number of carbonyl (C=O) groups excluding carboxylic acids is 1. The summed E-state index contributed by atoms with van der Waals surface area (Å²) in [4.78, 5) is 11.4. The summed E-state index contributed by atoms with van der Waals surface area (Å²) < 4.78 is 5.16. The molecular weight excluding hydrogens is 164 g/mol. The molecule has 0 saturated heterocycles. The molecule has 1 fully saturated rings. The van der Waals surface area contributed by atoms with Gasteiger partial charge in [-0.05, 0) is 30.5 Å². The molecule has 1 heterocycles. The zero-order valence-electron chi connectivity index (χ0n) is 7.62. The first kappa shape index (κ1) is 8.30. The van der Waals surface area contributed by atoms with E-state index >= 15 is 0 Å². The molecule has 1 aromatic rings. The Kier molecular flexibility index (Phi) is 2.05. The summed E-state index contributed by atoms with van der Waals surface area (Å²) in [6.07, 6.45) is 5.15. The van der Waals surface area contributed by atoms with Gasteiger partial charge in [0.05, 0.1) is 6.26 Å². The van der Waals surface area contributed by atoms with Crippen LogP contribution in [-0.4, -0.2) is 5.78 Å². The van der Waals surface area contributed by atoms with E-state index in [0.29, 0.717) is 12.3 Å². The third-order valence-corrected chi connectivity index (χ3v) is 2.50. The summed E-state index contributed by atoms with van der Waals surface area (Å²) in [5.41, 5.74) is 0.912. The van der Waals surface area contributed by atoms with E-state index in [4.69, 9.17) is 4.42 Å². The van der Waals surface area contributed by atoms with Crippen LogP contribution >= 0.6 is 0 Å². The number of hydrogen-bond donors (Lipinski definition) is 0. The van der Waals surface area contributed by atoms with E-state index in [1.54, 1.807) is 6.26 Å². The SMILES string of the molecule is CC1CCC(=O)/C1=C\c1ccco1. The molecule has 0 N–H and O–H groups in total. The minimum atomic E-state index is 0.268. The standard InChI is InChI=1S/C11H12O2/c1-8-4-5-11(12)10(8)7-9-3-2-6-13-9/h2-3,6-8H,4-5H2,1H3/b10-7-. The maximum Gasteiger partial charge on any atom is 0.159 e. The molecule has 1 atom stereocenters. The molecule has 0 aliphatic heterocycles. The van der Waals surface area contributed by atoms with Crippen molar-refractivity contribution in [2.24, 2.45) is 5.92 Å². The average Bonchev–Trinajstić information content (AvgIpc) is 2.70. The van der Waals surface area contributed by atoms with Crippen LogP contribution in [0.5, 0.6) is 0 Å². The summed E-state index contributed by atoms with van der Waals surface area (Å²) in [5.74, 6) is 1.43. The van der Waals surface area contributed by atoms with E-state index in [-0.39, 0.29) is 5.78 Å². The van der Waals surface area contributed by atoms with Crippen LogP contribution in [-0.2, 0) is 4.79 Å². The lowest BCUT2D eigenvalue weighted by atomic mass is 10.0. The summed E-state index contributed by atoms with van der Waals surface area (Å²) >= 11 is 0. The molecule has 13 heavy (non-hydrogen) atoms. The summed E-state index contributed by atoms with van der Waals surface area (Å²) in [7, 11) is 0. The Bertz CT molecular complexity index is 333. The second-order valence-corrected chi connectivity index (χ2v) is 3.48. The van der Waals surface area contributed by atoms with Gasteiger partial charge < -0.3 is 4.42 Å². The molecule has 1 aliphatic carbocycles. The Morgan fingerprint density at radius 2 is 2.46 bits per heavy atom. The fourth-order valence-electron chi connectivity index (χ4n) is 1.67. The second-order valence-electron chi connectivity index (χ2n) is 3.48. The fourth-order valence-corrected chi connectivity index (χ4v) is 1.67. The van der Waals surface area contributed by atoms with Crippen LogP contribution in [0.4, 0.5) is 0 Å². The molecule has 1 aromatic heterocycles. The van der Waals surface area contributed by atoms with Gasteiger partial charge in [0.1, 0.15) is 5.76 Å². The molecule has 0 bridgehead atoms. The van der Waals surface area contributed by atoms with Crippen molar-refractivity contribution in [2.75, 3.05) is 0 Å². The van der Waals surface area contributed by atoms with Gasteiger partial charge in [0.25, 0.3) is 0 Å². The molecule has 0 aromatic carbocycles. The Labute approximate surface area is 77.2 Å². The smallest absolute Gasteiger partial charge is 0.159 e. The van der Waals surface area contributed by atoms with Crippen molar-refractivity contribution in [3.05, 3.63) is 29.7 Å². The van der Waals surface area contributed by atoms with Crippen LogP contribution in [0.2, 0.25) is 0 Å². The fraction of sp³-hybridized carbons (Fsp3) is 0.364. The maximum atomic E-state index is 11.4. The van der Waals surface area contributed by atoms with E-state index in [1.807, 2.05) is 18.2 Å². The van der Waals surface area contributed by atoms with Crippen molar-refractivity contribution in [3.63, 3.8) is 0 Å². The highest BCUT2D eigenvalue weighted by Gasteiger charge is 2.24. The summed E-state index contributed by atoms with van der Waals surface area (Å²) in [6, 6.07) is 3.70. The van der Waals surface area contributed by atoms with Crippen LogP contribution in [0.3, 0.4) is 0 Å². The molecular formula is C11H12O2. The largest absolute Gasteiger partial charge is 0.465 e. The van der Waals surface area contributed by atoms with Crippen molar-refractivity contribution in [1.82, 2.24) is 0 Å². The van der Waals surface area contributed by atoms with Crippen molar-refractivity contribution < 1.29 is 9.21 Å². The predicted molar refractivity (Wildman–Crippen MR) is 50.1 cm³/mol. The molecule has 2 rings (SSSR count). The first-order chi connectivity index (χ1) is 6.27. The van der Waals surface area contributed by atoms with E-state index < -0.39 is 0 Å². The topological polar surface area (TPSA) is 30.2 Å². The second kappa shape index (κ2) is 3.21. The number of Topliss-reactive ketones (excluding diaryl/α,β-unsaturated/α-hetero) is 1. The van der Waals surface area contributed by atoms with Crippen LogP contribution in [0.25, 0.3) is 6.08 Å². The highest BCUT2D eigenvalue weighted by Crippen LogP contribution is 2.29. The van der Waals surface area contributed by atoms with E-state index in [0.717, 1.165) is 17.8 Å². The number of ketones is 1. The normalized spacial score (nSPS) is 25.8. The summed E-state index contributed by atoms with van der Waals surface area (Å²) in [5, 5.41) is 0. The molecule has 0 spiro atoms. The van der Waals surface area contributed by atoms with E-state index in [1.165, 1.54) is 0 Å². The Morgan fingerprint density at radius 1 is 1.62 bits per heavy atom. The number of carbonyl (C=O) groups is 1. The van der Waals surface area contributed by atoms with Crippen LogP contribution < -0.4 is 0 Å². The van der Waals surface area contributed by atoms with Gasteiger partial charge in [0.2, 0.25) is 0 Å². The van der Waals surface area contributed by atoms with Crippen molar-refractivity contribution in [3.8, 4) is 0 Å². The van der Waals surface area contributed by atoms with Crippen molar-refractivity contribution in [2.45, 2.75) is 19.8 Å². The lowest BCUT2D eigenvalue weighted by Gasteiger charge is -2.00.